The lowest BCUT2D eigenvalue weighted by atomic mass is 10.0. The van der Waals surface area contributed by atoms with E-state index in [9.17, 15) is 4.79 Å². The average molecular weight is 224 g/mol. The molecule has 0 aromatic rings. The summed E-state index contributed by atoms with van der Waals surface area (Å²) >= 11 is 0. The van der Waals surface area contributed by atoms with Gasteiger partial charge in [-0.3, -0.25) is 4.79 Å². The molecule has 2 rings (SSSR count). The van der Waals surface area contributed by atoms with Crippen molar-refractivity contribution in [2.24, 2.45) is 5.92 Å². The minimum atomic E-state index is 0.268. The molecule has 1 aliphatic carbocycles. The van der Waals surface area contributed by atoms with Crippen LogP contribution in [0.3, 0.4) is 0 Å². The lowest BCUT2D eigenvalue weighted by Gasteiger charge is -2.12. The van der Waals surface area contributed by atoms with E-state index in [1.165, 1.54) is 38.5 Å². The molecule has 1 aliphatic heterocycles. The molecule has 3 nitrogen and oxygen atoms in total. The number of amides is 1. The van der Waals surface area contributed by atoms with Crippen LogP contribution < -0.4 is 10.6 Å². The van der Waals surface area contributed by atoms with Crippen LogP contribution in [0.5, 0.6) is 0 Å². The van der Waals surface area contributed by atoms with Gasteiger partial charge in [0, 0.05) is 19.0 Å². The summed E-state index contributed by atoms with van der Waals surface area (Å²) in [5.41, 5.74) is 0. The number of carbonyl (C=O) groups is 1. The number of nitrogens with one attached hydrogen (secondary N) is 2. The Morgan fingerprint density at radius 3 is 2.69 bits per heavy atom. The van der Waals surface area contributed by atoms with Gasteiger partial charge in [0.15, 0.2) is 0 Å². The van der Waals surface area contributed by atoms with Gasteiger partial charge in [0.2, 0.25) is 5.91 Å². The smallest absolute Gasteiger partial charge is 0.220 e. The van der Waals surface area contributed by atoms with Gasteiger partial charge in [-0.1, -0.05) is 12.8 Å². The van der Waals surface area contributed by atoms with Crippen molar-refractivity contribution in [2.45, 2.75) is 57.4 Å². The van der Waals surface area contributed by atoms with Gasteiger partial charge in [0.25, 0.3) is 0 Å². The Morgan fingerprint density at radius 1 is 1.19 bits per heavy atom. The zero-order valence-electron chi connectivity index (χ0n) is 10.1. The maximum Gasteiger partial charge on any atom is 0.220 e. The van der Waals surface area contributed by atoms with Crippen LogP contribution >= 0.6 is 0 Å². The molecule has 2 fully saturated rings. The van der Waals surface area contributed by atoms with Gasteiger partial charge in [-0.15, -0.1) is 0 Å². The first-order valence-electron chi connectivity index (χ1n) is 6.84. The molecule has 1 heterocycles. The molecule has 0 unspecified atom stereocenters. The fourth-order valence-electron chi connectivity index (χ4n) is 2.94. The fraction of sp³-hybridized carbons (Fsp3) is 0.923. The Morgan fingerprint density at radius 2 is 2.00 bits per heavy atom. The first-order valence-corrected chi connectivity index (χ1v) is 6.84. The van der Waals surface area contributed by atoms with Crippen LogP contribution in [0.25, 0.3) is 0 Å². The molecule has 3 heteroatoms. The molecule has 1 saturated carbocycles. The third kappa shape index (κ3) is 3.78. The Labute approximate surface area is 98.4 Å². The minimum Gasteiger partial charge on any atom is -0.356 e. The van der Waals surface area contributed by atoms with Crippen molar-refractivity contribution >= 4 is 5.91 Å². The topological polar surface area (TPSA) is 41.1 Å². The monoisotopic (exact) mass is 224 g/mol. The van der Waals surface area contributed by atoms with Crippen LogP contribution in [0.2, 0.25) is 0 Å². The summed E-state index contributed by atoms with van der Waals surface area (Å²) in [5.74, 6) is 0.939. The molecule has 1 atom stereocenters. The average Bonchev–Trinajstić information content (AvgIpc) is 2.90. The van der Waals surface area contributed by atoms with Gasteiger partial charge >= 0.3 is 0 Å². The minimum absolute atomic E-state index is 0.268. The zero-order valence-corrected chi connectivity index (χ0v) is 10.1. The molecule has 1 amide bonds. The van der Waals surface area contributed by atoms with E-state index in [1.807, 2.05) is 0 Å². The predicted molar refractivity (Wildman–Crippen MR) is 65.2 cm³/mol. The zero-order chi connectivity index (χ0) is 11.2. The normalized spacial score (nSPS) is 26.1. The third-order valence-corrected chi connectivity index (χ3v) is 3.93. The maximum absolute atomic E-state index is 11.6. The van der Waals surface area contributed by atoms with Gasteiger partial charge in [-0.05, 0) is 44.6 Å². The summed E-state index contributed by atoms with van der Waals surface area (Å²) < 4.78 is 0. The second-order valence-corrected chi connectivity index (χ2v) is 5.29. The standard InChI is InChI=1S/C13H24N2O/c16-13(10-11-4-1-2-5-11)15-9-7-12-6-3-8-14-12/h11-12,14H,1-10H2,(H,15,16)/t12-/m0/s1. The van der Waals surface area contributed by atoms with Gasteiger partial charge in [0.05, 0.1) is 0 Å². The van der Waals surface area contributed by atoms with E-state index in [0.29, 0.717) is 12.0 Å². The lowest BCUT2D eigenvalue weighted by molar-refractivity contribution is -0.122. The van der Waals surface area contributed by atoms with Crippen LogP contribution in [0.15, 0.2) is 0 Å². The molecule has 0 aromatic heterocycles. The van der Waals surface area contributed by atoms with Crippen LogP contribution in [0, 0.1) is 5.92 Å². The lowest BCUT2D eigenvalue weighted by Crippen LogP contribution is -2.31. The highest BCUT2D eigenvalue weighted by Crippen LogP contribution is 2.27. The number of rotatable bonds is 5. The van der Waals surface area contributed by atoms with Crippen molar-refractivity contribution in [1.82, 2.24) is 10.6 Å². The molecule has 92 valence electrons. The number of hydrogen-bond acceptors (Lipinski definition) is 2. The first kappa shape index (κ1) is 11.9. The molecule has 0 bridgehead atoms. The second-order valence-electron chi connectivity index (χ2n) is 5.29. The summed E-state index contributed by atoms with van der Waals surface area (Å²) in [5, 5.41) is 6.51. The molecule has 16 heavy (non-hydrogen) atoms. The first-order chi connectivity index (χ1) is 7.84. The van der Waals surface area contributed by atoms with E-state index < -0.39 is 0 Å². The summed E-state index contributed by atoms with van der Waals surface area (Å²) in [6, 6.07) is 0.645. The van der Waals surface area contributed by atoms with Crippen molar-refractivity contribution in [2.75, 3.05) is 13.1 Å². The van der Waals surface area contributed by atoms with Gasteiger partial charge < -0.3 is 10.6 Å². The summed E-state index contributed by atoms with van der Waals surface area (Å²) in [4.78, 5) is 11.6. The Balaban J connectivity index is 1.52. The van der Waals surface area contributed by atoms with Crippen molar-refractivity contribution in [3.8, 4) is 0 Å². The largest absolute Gasteiger partial charge is 0.356 e. The molecule has 0 spiro atoms. The van der Waals surface area contributed by atoms with E-state index in [2.05, 4.69) is 10.6 Å². The van der Waals surface area contributed by atoms with Crippen molar-refractivity contribution in [1.29, 1.82) is 0 Å². The molecule has 2 aliphatic rings. The highest BCUT2D eigenvalue weighted by atomic mass is 16.1. The van der Waals surface area contributed by atoms with Crippen LogP contribution in [-0.4, -0.2) is 25.0 Å². The maximum atomic E-state index is 11.6. The van der Waals surface area contributed by atoms with E-state index >= 15 is 0 Å². The predicted octanol–water partition coefficient (Wildman–Crippen LogP) is 1.82. The van der Waals surface area contributed by atoms with E-state index in [0.717, 1.165) is 25.9 Å². The highest BCUT2D eigenvalue weighted by molar-refractivity contribution is 5.76. The van der Waals surface area contributed by atoms with Crippen LogP contribution in [-0.2, 0) is 4.79 Å². The van der Waals surface area contributed by atoms with Gasteiger partial charge in [-0.2, -0.15) is 0 Å². The second kappa shape index (κ2) is 6.24. The van der Waals surface area contributed by atoms with E-state index in [4.69, 9.17) is 0 Å². The molecular weight excluding hydrogens is 200 g/mol. The summed E-state index contributed by atoms with van der Waals surface area (Å²) in [6.45, 7) is 2.00. The SMILES string of the molecule is O=C(CC1CCCC1)NCC[C@@H]1CCCN1. The van der Waals surface area contributed by atoms with Crippen LogP contribution in [0.1, 0.15) is 51.4 Å². The summed E-state index contributed by atoms with van der Waals surface area (Å²) in [6.07, 6.45) is 9.59. The van der Waals surface area contributed by atoms with E-state index in [1.54, 1.807) is 0 Å². The molecule has 0 radical (unpaired) electrons. The van der Waals surface area contributed by atoms with Crippen molar-refractivity contribution < 1.29 is 4.79 Å². The Hall–Kier alpha value is -0.570. The van der Waals surface area contributed by atoms with Gasteiger partial charge in [0.1, 0.15) is 0 Å². The molecule has 1 saturated heterocycles. The quantitative estimate of drug-likeness (QED) is 0.748. The van der Waals surface area contributed by atoms with Crippen molar-refractivity contribution in [3.63, 3.8) is 0 Å². The highest BCUT2D eigenvalue weighted by Gasteiger charge is 2.18. The third-order valence-electron chi connectivity index (χ3n) is 3.93. The molecule has 0 aromatic carbocycles. The van der Waals surface area contributed by atoms with Gasteiger partial charge in [-0.25, -0.2) is 0 Å². The van der Waals surface area contributed by atoms with Crippen LogP contribution in [0.4, 0.5) is 0 Å². The molecule has 2 N–H and O–H groups in total. The Kier molecular flexibility index (Phi) is 4.64. The number of hydrogen-bond donors (Lipinski definition) is 2. The summed E-state index contributed by atoms with van der Waals surface area (Å²) in [7, 11) is 0. The van der Waals surface area contributed by atoms with E-state index in [-0.39, 0.29) is 5.91 Å². The molecular formula is C13H24N2O. The fourth-order valence-corrected chi connectivity index (χ4v) is 2.94. The Bertz CT molecular complexity index is 218. The van der Waals surface area contributed by atoms with Crippen molar-refractivity contribution in [3.05, 3.63) is 0 Å². The number of carbonyl (C=O) groups excluding carboxylic acids is 1.